The normalized spacial score (nSPS) is 23.7. The predicted octanol–water partition coefficient (Wildman–Crippen LogP) is 3.09. The lowest BCUT2D eigenvalue weighted by molar-refractivity contribution is 0.220. The van der Waals surface area contributed by atoms with Crippen molar-refractivity contribution in [2.45, 2.75) is 26.8 Å². The first-order chi connectivity index (χ1) is 9.51. The molecule has 2 rings (SSSR count). The van der Waals surface area contributed by atoms with Crippen LogP contribution in [0.15, 0.2) is 24.3 Å². The topological polar surface area (TPSA) is 44.4 Å². The number of benzene rings is 1. The van der Waals surface area contributed by atoms with Crippen LogP contribution in [0, 0.1) is 11.8 Å². The number of carbonyl (C=O) groups is 1. The first-order valence-corrected chi connectivity index (χ1v) is 7.34. The molecule has 1 fully saturated rings. The highest BCUT2D eigenvalue weighted by atomic mass is 16.2. The molecule has 0 bridgehead atoms. The number of anilines is 1. The largest absolute Gasteiger partial charge is 0.324 e. The van der Waals surface area contributed by atoms with Crippen molar-refractivity contribution in [3.63, 3.8) is 0 Å². The van der Waals surface area contributed by atoms with Gasteiger partial charge >= 0.3 is 6.03 Å². The molecule has 1 aromatic carbocycles. The van der Waals surface area contributed by atoms with Gasteiger partial charge in [0.2, 0.25) is 0 Å². The van der Waals surface area contributed by atoms with E-state index in [1.54, 1.807) is 0 Å². The van der Waals surface area contributed by atoms with Gasteiger partial charge in [-0.25, -0.2) is 4.79 Å². The summed E-state index contributed by atoms with van der Waals surface area (Å²) in [6.07, 6.45) is 0. The summed E-state index contributed by atoms with van der Waals surface area (Å²) in [5.41, 5.74) is 2.04. The Balaban J connectivity index is 2.01. The quantitative estimate of drug-likeness (QED) is 0.890. The smallest absolute Gasteiger partial charge is 0.321 e. The molecule has 1 aliphatic heterocycles. The zero-order chi connectivity index (χ0) is 14.7. The lowest BCUT2D eigenvalue weighted by Gasteiger charge is -2.18. The molecule has 2 N–H and O–H groups in total. The van der Waals surface area contributed by atoms with E-state index < -0.39 is 0 Å². The zero-order valence-electron chi connectivity index (χ0n) is 12.8. The maximum atomic E-state index is 12.3. The van der Waals surface area contributed by atoms with Crippen LogP contribution in [-0.4, -0.2) is 31.1 Å². The molecule has 1 aromatic rings. The summed E-state index contributed by atoms with van der Waals surface area (Å²) in [6.45, 7) is 8.20. The van der Waals surface area contributed by atoms with Gasteiger partial charge in [0.25, 0.3) is 0 Å². The second-order valence-corrected chi connectivity index (χ2v) is 5.93. The number of nitrogens with zero attached hydrogens (tertiary/aromatic N) is 1. The third-order valence-electron chi connectivity index (χ3n) is 4.35. The van der Waals surface area contributed by atoms with E-state index in [4.69, 9.17) is 0 Å². The fourth-order valence-corrected chi connectivity index (χ4v) is 2.55. The van der Waals surface area contributed by atoms with Crippen LogP contribution in [0.4, 0.5) is 10.5 Å². The maximum Gasteiger partial charge on any atom is 0.321 e. The van der Waals surface area contributed by atoms with Gasteiger partial charge in [-0.15, -0.1) is 0 Å². The van der Waals surface area contributed by atoms with Gasteiger partial charge in [0.1, 0.15) is 0 Å². The first-order valence-electron chi connectivity index (χ1n) is 7.34. The van der Waals surface area contributed by atoms with Crippen LogP contribution in [-0.2, 0) is 0 Å². The highest BCUT2D eigenvalue weighted by Gasteiger charge is 2.29. The Bertz CT molecular complexity index is 465. The molecule has 0 aromatic heterocycles. The van der Waals surface area contributed by atoms with E-state index in [0.717, 1.165) is 18.8 Å². The number of likely N-dealkylation sites (tertiary alicyclic amines) is 1. The average molecular weight is 275 g/mol. The standard InChI is InChI=1S/C16H25N3O/c1-11-9-19(10-12(11)2)16(20)18-15-7-5-6-14(8-15)13(3)17-4/h5-8,11-13,17H,9-10H2,1-4H3,(H,18,20). The minimum absolute atomic E-state index is 0.00969. The average Bonchev–Trinajstić information content (AvgIpc) is 2.78. The highest BCUT2D eigenvalue weighted by molar-refractivity contribution is 5.89. The number of hydrogen-bond acceptors (Lipinski definition) is 2. The molecule has 2 amide bonds. The van der Waals surface area contributed by atoms with E-state index in [1.807, 2.05) is 30.1 Å². The molecule has 0 spiro atoms. The Labute approximate surface area is 121 Å². The summed E-state index contributed by atoms with van der Waals surface area (Å²) in [5, 5.41) is 6.21. The number of nitrogens with one attached hydrogen (secondary N) is 2. The third kappa shape index (κ3) is 3.31. The number of rotatable bonds is 3. The van der Waals surface area contributed by atoms with Crippen LogP contribution < -0.4 is 10.6 Å². The van der Waals surface area contributed by atoms with Gasteiger partial charge < -0.3 is 15.5 Å². The Morgan fingerprint density at radius 3 is 2.55 bits per heavy atom. The molecule has 0 aliphatic carbocycles. The molecule has 20 heavy (non-hydrogen) atoms. The molecule has 3 unspecified atom stereocenters. The number of hydrogen-bond donors (Lipinski definition) is 2. The van der Waals surface area contributed by atoms with E-state index in [9.17, 15) is 4.79 Å². The minimum atomic E-state index is 0.00969. The molecule has 3 atom stereocenters. The lowest BCUT2D eigenvalue weighted by Crippen LogP contribution is -2.33. The van der Waals surface area contributed by atoms with Gasteiger partial charge in [-0.2, -0.15) is 0 Å². The van der Waals surface area contributed by atoms with Crippen LogP contribution >= 0.6 is 0 Å². The minimum Gasteiger partial charge on any atom is -0.324 e. The molecule has 1 saturated heterocycles. The van der Waals surface area contributed by atoms with Crippen LogP contribution in [0.3, 0.4) is 0 Å². The number of carbonyl (C=O) groups excluding carboxylic acids is 1. The van der Waals surface area contributed by atoms with Crippen molar-refractivity contribution in [3.8, 4) is 0 Å². The highest BCUT2D eigenvalue weighted by Crippen LogP contribution is 2.23. The summed E-state index contributed by atoms with van der Waals surface area (Å²) in [5.74, 6) is 1.16. The second-order valence-electron chi connectivity index (χ2n) is 5.93. The summed E-state index contributed by atoms with van der Waals surface area (Å²) >= 11 is 0. The molecule has 1 heterocycles. The Kier molecular flexibility index (Phi) is 4.65. The summed E-state index contributed by atoms with van der Waals surface area (Å²) in [7, 11) is 1.93. The monoisotopic (exact) mass is 275 g/mol. The van der Waals surface area contributed by atoms with E-state index in [2.05, 4.69) is 37.5 Å². The molecular formula is C16H25N3O. The lowest BCUT2D eigenvalue weighted by atomic mass is 10.0. The van der Waals surface area contributed by atoms with Crippen molar-refractivity contribution < 1.29 is 4.79 Å². The molecule has 110 valence electrons. The summed E-state index contributed by atoms with van der Waals surface area (Å²) < 4.78 is 0. The Hall–Kier alpha value is -1.55. The van der Waals surface area contributed by atoms with Gasteiger partial charge in [0, 0.05) is 24.8 Å². The number of urea groups is 1. The van der Waals surface area contributed by atoms with Crippen LogP contribution in [0.5, 0.6) is 0 Å². The molecule has 0 saturated carbocycles. The molecule has 4 heteroatoms. The fraction of sp³-hybridized carbons (Fsp3) is 0.562. The molecule has 4 nitrogen and oxygen atoms in total. The van der Waals surface area contributed by atoms with Crippen molar-refractivity contribution in [1.82, 2.24) is 10.2 Å². The summed E-state index contributed by atoms with van der Waals surface area (Å²) in [4.78, 5) is 14.2. The second kappa shape index (κ2) is 6.27. The first kappa shape index (κ1) is 14.9. The predicted molar refractivity (Wildman–Crippen MR) is 82.8 cm³/mol. The third-order valence-corrected chi connectivity index (χ3v) is 4.35. The van der Waals surface area contributed by atoms with E-state index >= 15 is 0 Å². The number of amides is 2. The Morgan fingerprint density at radius 2 is 1.95 bits per heavy atom. The van der Waals surface area contributed by atoms with Gasteiger partial charge in [0.05, 0.1) is 0 Å². The van der Waals surface area contributed by atoms with Crippen LogP contribution in [0.2, 0.25) is 0 Å². The van der Waals surface area contributed by atoms with E-state index in [-0.39, 0.29) is 12.1 Å². The van der Waals surface area contributed by atoms with Gasteiger partial charge in [0.15, 0.2) is 0 Å². The van der Waals surface area contributed by atoms with Gasteiger partial charge in [-0.1, -0.05) is 26.0 Å². The van der Waals surface area contributed by atoms with Gasteiger partial charge in [-0.3, -0.25) is 0 Å². The SMILES string of the molecule is CNC(C)c1cccc(NC(=O)N2CC(C)C(C)C2)c1. The zero-order valence-corrected chi connectivity index (χ0v) is 12.8. The van der Waals surface area contributed by atoms with E-state index in [1.165, 1.54) is 5.56 Å². The molecule has 0 radical (unpaired) electrons. The fourth-order valence-electron chi connectivity index (χ4n) is 2.55. The van der Waals surface area contributed by atoms with Gasteiger partial charge in [-0.05, 0) is 43.5 Å². The van der Waals surface area contributed by atoms with Crippen molar-refractivity contribution in [1.29, 1.82) is 0 Å². The Morgan fingerprint density at radius 1 is 1.30 bits per heavy atom. The molecular weight excluding hydrogens is 250 g/mol. The maximum absolute atomic E-state index is 12.3. The van der Waals surface area contributed by atoms with Crippen molar-refractivity contribution in [2.75, 3.05) is 25.5 Å². The van der Waals surface area contributed by atoms with Crippen molar-refractivity contribution >= 4 is 11.7 Å². The van der Waals surface area contributed by atoms with E-state index in [0.29, 0.717) is 11.8 Å². The molecule has 1 aliphatic rings. The van der Waals surface area contributed by atoms with Crippen molar-refractivity contribution in [2.24, 2.45) is 11.8 Å². The van der Waals surface area contributed by atoms with Crippen molar-refractivity contribution in [3.05, 3.63) is 29.8 Å². The van der Waals surface area contributed by atoms with Crippen LogP contribution in [0.1, 0.15) is 32.4 Å². The van der Waals surface area contributed by atoms with Crippen LogP contribution in [0.25, 0.3) is 0 Å². The summed E-state index contributed by atoms with van der Waals surface area (Å²) in [6, 6.07) is 8.30.